The molecular formula is C22H20ClN5O3. The highest BCUT2D eigenvalue weighted by Gasteiger charge is 2.22. The third-order valence-corrected chi connectivity index (χ3v) is 5.03. The highest BCUT2D eigenvalue weighted by molar-refractivity contribution is 6.30. The Hall–Kier alpha value is -3.49. The van der Waals surface area contributed by atoms with E-state index in [1.54, 1.807) is 49.9 Å². The van der Waals surface area contributed by atoms with E-state index in [0.717, 1.165) is 16.9 Å². The van der Waals surface area contributed by atoms with Crippen molar-refractivity contribution < 1.29 is 14.3 Å². The molecule has 4 aromatic rings. The zero-order valence-electron chi connectivity index (χ0n) is 17.2. The number of nitrogens with zero attached hydrogens (tertiary/aromatic N) is 4. The first kappa shape index (κ1) is 20.8. The van der Waals surface area contributed by atoms with Crippen LogP contribution in [0.2, 0.25) is 5.02 Å². The number of amides is 1. The molecule has 4 rings (SSSR count). The third kappa shape index (κ3) is 4.08. The SMILES string of the molecule is COCc1nn2c(C)c(C(=O)Nc3cccc(Cl)c3)nnc2c1-c1ccc(OC)cc1. The van der Waals surface area contributed by atoms with E-state index in [2.05, 4.69) is 20.6 Å². The maximum Gasteiger partial charge on any atom is 0.278 e. The molecule has 31 heavy (non-hydrogen) atoms. The van der Waals surface area contributed by atoms with Crippen molar-refractivity contribution in [3.63, 3.8) is 0 Å². The van der Waals surface area contributed by atoms with Gasteiger partial charge in [-0.2, -0.15) is 5.10 Å². The molecule has 158 valence electrons. The van der Waals surface area contributed by atoms with Gasteiger partial charge in [-0.3, -0.25) is 4.79 Å². The number of methoxy groups -OCH3 is 2. The van der Waals surface area contributed by atoms with Gasteiger partial charge in [0.25, 0.3) is 5.91 Å². The minimum atomic E-state index is -0.399. The van der Waals surface area contributed by atoms with Crippen molar-refractivity contribution in [1.29, 1.82) is 0 Å². The molecule has 0 bridgehead atoms. The van der Waals surface area contributed by atoms with E-state index in [0.29, 0.717) is 27.7 Å². The Balaban J connectivity index is 1.77. The monoisotopic (exact) mass is 437 g/mol. The molecule has 2 aromatic carbocycles. The van der Waals surface area contributed by atoms with Crippen LogP contribution in [-0.4, -0.2) is 39.9 Å². The molecule has 0 fully saturated rings. The fourth-order valence-electron chi connectivity index (χ4n) is 3.31. The molecule has 8 nitrogen and oxygen atoms in total. The molecule has 0 saturated heterocycles. The summed E-state index contributed by atoms with van der Waals surface area (Å²) in [5.74, 6) is 0.347. The summed E-state index contributed by atoms with van der Waals surface area (Å²) in [6.45, 7) is 2.06. The van der Waals surface area contributed by atoms with Crippen LogP contribution in [0.15, 0.2) is 48.5 Å². The lowest BCUT2D eigenvalue weighted by Gasteiger charge is -2.08. The second-order valence-corrected chi connectivity index (χ2v) is 7.25. The summed E-state index contributed by atoms with van der Waals surface area (Å²) in [4.78, 5) is 12.8. The van der Waals surface area contributed by atoms with Gasteiger partial charge < -0.3 is 14.8 Å². The maximum absolute atomic E-state index is 12.8. The van der Waals surface area contributed by atoms with Crippen LogP contribution in [0.3, 0.4) is 0 Å². The normalized spacial score (nSPS) is 11.0. The molecule has 0 unspecified atom stereocenters. The molecule has 0 spiro atoms. The maximum atomic E-state index is 12.8. The number of aromatic nitrogens is 4. The van der Waals surface area contributed by atoms with Crippen LogP contribution in [0.1, 0.15) is 21.9 Å². The predicted octanol–water partition coefficient (Wildman–Crippen LogP) is 4.16. The van der Waals surface area contributed by atoms with Crippen LogP contribution in [0.4, 0.5) is 5.69 Å². The van der Waals surface area contributed by atoms with Crippen molar-refractivity contribution in [2.75, 3.05) is 19.5 Å². The molecular weight excluding hydrogens is 418 g/mol. The summed E-state index contributed by atoms with van der Waals surface area (Å²) in [6, 6.07) is 14.5. The van der Waals surface area contributed by atoms with Crippen molar-refractivity contribution in [3.05, 3.63) is 70.6 Å². The number of halogens is 1. The Labute approximate surface area is 183 Å². The number of rotatable bonds is 6. The van der Waals surface area contributed by atoms with Gasteiger partial charge in [-0.1, -0.05) is 29.8 Å². The molecule has 0 aliphatic heterocycles. The first-order chi connectivity index (χ1) is 15.0. The first-order valence-electron chi connectivity index (χ1n) is 9.47. The Morgan fingerprint density at radius 1 is 1.13 bits per heavy atom. The van der Waals surface area contributed by atoms with Gasteiger partial charge in [0, 0.05) is 17.8 Å². The van der Waals surface area contributed by atoms with Crippen LogP contribution in [-0.2, 0) is 11.3 Å². The van der Waals surface area contributed by atoms with E-state index in [-0.39, 0.29) is 12.3 Å². The second kappa shape index (κ2) is 8.71. The van der Waals surface area contributed by atoms with E-state index in [4.69, 9.17) is 21.1 Å². The van der Waals surface area contributed by atoms with Crippen molar-refractivity contribution in [1.82, 2.24) is 19.8 Å². The molecule has 0 aliphatic rings. The summed E-state index contributed by atoms with van der Waals surface area (Å²) < 4.78 is 12.2. The topological polar surface area (TPSA) is 90.6 Å². The number of ether oxygens (including phenoxy) is 2. The molecule has 0 saturated carbocycles. The number of fused-ring (bicyclic) bond motifs is 1. The zero-order chi connectivity index (χ0) is 22.0. The Morgan fingerprint density at radius 2 is 1.90 bits per heavy atom. The van der Waals surface area contributed by atoms with Gasteiger partial charge in [-0.05, 0) is 42.8 Å². The zero-order valence-corrected chi connectivity index (χ0v) is 18.0. The highest BCUT2D eigenvalue weighted by atomic mass is 35.5. The van der Waals surface area contributed by atoms with Crippen LogP contribution in [0.5, 0.6) is 5.75 Å². The Morgan fingerprint density at radius 3 is 2.58 bits per heavy atom. The number of hydrogen-bond acceptors (Lipinski definition) is 6. The van der Waals surface area contributed by atoms with Gasteiger partial charge >= 0.3 is 0 Å². The van der Waals surface area contributed by atoms with Crippen LogP contribution < -0.4 is 10.1 Å². The Bertz CT molecular complexity index is 1250. The summed E-state index contributed by atoms with van der Waals surface area (Å²) in [7, 11) is 3.22. The predicted molar refractivity (Wildman–Crippen MR) is 118 cm³/mol. The summed E-state index contributed by atoms with van der Waals surface area (Å²) >= 11 is 6.00. The van der Waals surface area contributed by atoms with E-state index < -0.39 is 5.91 Å². The standard InChI is InChI=1S/C22H20ClN5O3/c1-13-20(22(29)24-16-6-4-5-15(23)11-16)25-26-21-19(18(12-30-2)27-28(13)21)14-7-9-17(31-3)10-8-14/h4-11H,12H2,1-3H3,(H,24,29). The van der Waals surface area contributed by atoms with E-state index in [1.165, 1.54) is 0 Å². The lowest BCUT2D eigenvalue weighted by atomic mass is 10.1. The lowest BCUT2D eigenvalue weighted by molar-refractivity contribution is 0.102. The second-order valence-electron chi connectivity index (χ2n) is 6.82. The molecule has 1 N–H and O–H groups in total. The first-order valence-corrected chi connectivity index (χ1v) is 9.84. The molecule has 0 atom stereocenters. The van der Waals surface area contributed by atoms with Gasteiger partial charge in [0.05, 0.1) is 30.7 Å². The van der Waals surface area contributed by atoms with E-state index >= 15 is 0 Å². The average molecular weight is 438 g/mol. The largest absolute Gasteiger partial charge is 0.497 e. The van der Waals surface area contributed by atoms with Crippen molar-refractivity contribution in [2.45, 2.75) is 13.5 Å². The fraction of sp³-hybridized carbons (Fsp3) is 0.182. The number of anilines is 1. The van der Waals surface area contributed by atoms with Gasteiger partial charge in [-0.25, -0.2) is 4.52 Å². The molecule has 1 amide bonds. The number of hydrogen-bond donors (Lipinski definition) is 1. The van der Waals surface area contributed by atoms with Crippen molar-refractivity contribution in [3.8, 4) is 16.9 Å². The number of carbonyl (C=O) groups excluding carboxylic acids is 1. The van der Waals surface area contributed by atoms with Crippen molar-refractivity contribution in [2.24, 2.45) is 0 Å². The minimum absolute atomic E-state index is 0.167. The van der Waals surface area contributed by atoms with Crippen molar-refractivity contribution >= 4 is 28.8 Å². The van der Waals surface area contributed by atoms with Crippen LogP contribution in [0, 0.1) is 6.92 Å². The van der Waals surface area contributed by atoms with Crippen LogP contribution >= 0.6 is 11.6 Å². The van der Waals surface area contributed by atoms with Gasteiger partial charge in [0.2, 0.25) is 0 Å². The van der Waals surface area contributed by atoms with Gasteiger partial charge in [0.15, 0.2) is 11.3 Å². The van der Waals surface area contributed by atoms with E-state index in [1.807, 2.05) is 24.3 Å². The minimum Gasteiger partial charge on any atom is -0.497 e. The smallest absolute Gasteiger partial charge is 0.278 e. The lowest BCUT2D eigenvalue weighted by Crippen LogP contribution is -2.18. The third-order valence-electron chi connectivity index (χ3n) is 4.80. The Kier molecular flexibility index (Phi) is 5.83. The molecule has 0 aliphatic carbocycles. The highest BCUT2D eigenvalue weighted by Crippen LogP contribution is 2.30. The number of benzene rings is 2. The summed E-state index contributed by atoms with van der Waals surface area (Å²) in [6.07, 6.45) is 0. The van der Waals surface area contributed by atoms with Gasteiger partial charge in [0.1, 0.15) is 5.75 Å². The molecule has 2 aromatic heterocycles. The average Bonchev–Trinajstić information content (AvgIpc) is 3.13. The van der Waals surface area contributed by atoms with Crippen LogP contribution in [0.25, 0.3) is 16.8 Å². The quantitative estimate of drug-likeness (QED) is 0.487. The van der Waals surface area contributed by atoms with Gasteiger partial charge in [-0.15, -0.1) is 10.2 Å². The molecule has 2 heterocycles. The number of aryl methyl sites for hydroxylation is 1. The summed E-state index contributed by atoms with van der Waals surface area (Å²) in [5.41, 5.74) is 4.21. The van der Waals surface area contributed by atoms with E-state index in [9.17, 15) is 4.79 Å². The fourth-order valence-corrected chi connectivity index (χ4v) is 3.50. The molecule has 9 heteroatoms. The number of nitrogens with one attached hydrogen (secondary N) is 1. The number of carbonyl (C=O) groups is 1. The molecule has 0 radical (unpaired) electrons. The summed E-state index contributed by atoms with van der Waals surface area (Å²) in [5, 5.41) is 16.5.